The molecule has 150 valence electrons. The van der Waals surface area contributed by atoms with E-state index in [9.17, 15) is 4.79 Å². The van der Waals surface area contributed by atoms with Crippen LogP contribution < -0.4 is 10.6 Å². The van der Waals surface area contributed by atoms with Crippen LogP contribution in [0.2, 0.25) is 0 Å². The molecule has 1 aliphatic carbocycles. The van der Waals surface area contributed by atoms with Crippen LogP contribution in [0.4, 0.5) is 0 Å². The van der Waals surface area contributed by atoms with Gasteiger partial charge in [0, 0.05) is 25.0 Å². The van der Waals surface area contributed by atoms with Crippen molar-refractivity contribution >= 4 is 17.2 Å². The molecule has 2 N–H and O–H groups in total. The lowest BCUT2D eigenvalue weighted by Crippen LogP contribution is -2.49. The highest BCUT2D eigenvalue weighted by Crippen LogP contribution is 2.43. The van der Waals surface area contributed by atoms with E-state index in [1.807, 2.05) is 0 Å². The highest BCUT2D eigenvalue weighted by atomic mass is 32.1. The lowest BCUT2D eigenvalue weighted by atomic mass is 9.67. The molecule has 5 nitrogen and oxygen atoms in total. The standard InChI is InChI=1S/C21H34N4OS/c1-2-19-24-18(14-27-19)13-25-9-6-16(7-10-25)11-23-20(26)21-8-4-3-5-17(21)12-22-15-21/h14,16-17,22H,2-13,15H2,1H3,(H,23,26)/t17-,21+/m0/s1. The molecule has 4 rings (SSSR count). The molecular formula is C21H34N4OS. The molecule has 2 atom stereocenters. The summed E-state index contributed by atoms with van der Waals surface area (Å²) in [6.07, 6.45) is 8.18. The van der Waals surface area contributed by atoms with Crippen LogP contribution in [0.3, 0.4) is 0 Å². The van der Waals surface area contributed by atoms with Crippen LogP contribution in [0.1, 0.15) is 56.2 Å². The largest absolute Gasteiger partial charge is 0.355 e. The van der Waals surface area contributed by atoms with Gasteiger partial charge in [-0.25, -0.2) is 4.98 Å². The first-order valence-corrected chi connectivity index (χ1v) is 11.7. The molecule has 0 bridgehead atoms. The van der Waals surface area contributed by atoms with Crippen molar-refractivity contribution in [1.29, 1.82) is 0 Å². The third-order valence-corrected chi connectivity index (χ3v) is 8.08. The van der Waals surface area contributed by atoms with Crippen LogP contribution in [-0.2, 0) is 17.8 Å². The Morgan fingerprint density at radius 2 is 2.22 bits per heavy atom. The van der Waals surface area contributed by atoms with E-state index in [2.05, 4.69) is 27.8 Å². The average Bonchev–Trinajstić information content (AvgIpc) is 3.34. The van der Waals surface area contributed by atoms with Crippen molar-refractivity contribution in [2.24, 2.45) is 17.3 Å². The Hall–Kier alpha value is -0.980. The molecule has 3 heterocycles. The van der Waals surface area contributed by atoms with E-state index < -0.39 is 0 Å². The van der Waals surface area contributed by atoms with Gasteiger partial charge in [-0.3, -0.25) is 9.69 Å². The molecule has 1 aromatic rings. The van der Waals surface area contributed by atoms with Crippen LogP contribution in [0.25, 0.3) is 0 Å². The molecule has 2 aliphatic heterocycles. The summed E-state index contributed by atoms with van der Waals surface area (Å²) in [6.45, 7) is 8.16. The van der Waals surface area contributed by atoms with Crippen LogP contribution in [0.15, 0.2) is 5.38 Å². The number of aromatic nitrogens is 1. The molecule has 0 spiro atoms. The Balaban J connectivity index is 1.22. The minimum atomic E-state index is -0.111. The Kier molecular flexibility index (Phi) is 6.15. The fraction of sp³-hybridized carbons (Fsp3) is 0.810. The maximum Gasteiger partial charge on any atom is 0.227 e. The maximum atomic E-state index is 13.0. The second-order valence-corrected chi connectivity index (χ2v) is 9.69. The summed E-state index contributed by atoms with van der Waals surface area (Å²) >= 11 is 1.78. The zero-order valence-corrected chi connectivity index (χ0v) is 17.5. The van der Waals surface area contributed by atoms with Gasteiger partial charge in [0.25, 0.3) is 0 Å². The van der Waals surface area contributed by atoms with Crippen molar-refractivity contribution in [3.8, 4) is 0 Å². The van der Waals surface area contributed by atoms with Gasteiger partial charge < -0.3 is 10.6 Å². The monoisotopic (exact) mass is 390 g/mol. The number of likely N-dealkylation sites (tertiary alicyclic amines) is 1. The van der Waals surface area contributed by atoms with Gasteiger partial charge in [0.15, 0.2) is 0 Å². The van der Waals surface area contributed by atoms with Crippen LogP contribution in [0.5, 0.6) is 0 Å². The summed E-state index contributed by atoms with van der Waals surface area (Å²) in [5.41, 5.74) is 1.11. The minimum absolute atomic E-state index is 0.111. The number of hydrogen-bond acceptors (Lipinski definition) is 5. The molecule has 1 saturated carbocycles. The van der Waals surface area contributed by atoms with Crippen LogP contribution in [0, 0.1) is 17.3 Å². The summed E-state index contributed by atoms with van der Waals surface area (Å²) in [6, 6.07) is 0. The van der Waals surface area contributed by atoms with Crippen molar-refractivity contribution < 1.29 is 4.79 Å². The van der Waals surface area contributed by atoms with Gasteiger partial charge in [-0.15, -0.1) is 11.3 Å². The second-order valence-electron chi connectivity index (χ2n) is 8.75. The van der Waals surface area contributed by atoms with Crippen molar-refractivity contribution in [2.45, 2.75) is 58.4 Å². The molecule has 2 saturated heterocycles. The number of carbonyl (C=O) groups excluding carboxylic acids is 1. The van der Waals surface area contributed by atoms with E-state index >= 15 is 0 Å². The number of amides is 1. The zero-order valence-electron chi connectivity index (χ0n) is 16.6. The highest BCUT2D eigenvalue weighted by molar-refractivity contribution is 7.09. The van der Waals surface area contributed by atoms with E-state index in [1.54, 1.807) is 11.3 Å². The number of nitrogens with zero attached hydrogens (tertiary/aromatic N) is 2. The summed E-state index contributed by atoms with van der Waals surface area (Å²) in [4.78, 5) is 20.2. The summed E-state index contributed by atoms with van der Waals surface area (Å²) in [5, 5.41) is 10.3. The third-order valence-electron chi connectivity index (χ3n) is 7.04. The van der Waals surface area contributed by atoms with Gasteiger partial charge >= 0.3 is 0 Å². The SMILES string of the molecule is CCc1nc(CN2CCC(CNC(=O)[C@@]34CCCC[C@H]3CNC4)CC2)cs1. The maximum absolute atomic E-state index is 13.0. The second kappa shape index (κ2) is 8.58. The number of carbonyl (C=O) groups is 1. The van der Waals surface area contributed by atoms with Gasteiger partial charge in [0.05, 0.1) is 16.1 Å². The van der Waals surface area contributed by atoms with Crippen molar-refractivity contribution in [3.63, 3.8) is 0 Å². The van der Waals surface area contributed by atoms with Crippen molar-refractivity contribution in [2.75, 3.05) is 32.7 Å². The minimum Gasteiger partial charge on any atom is -0.355 e. The molecule has 0 radical (unpaired) electrons. The molecule has 0 aromatic carbocycles. The van der Waals surface area contributed by atoms with Gasteiger partial charge in [-0.05, 0) is 63.6 Å². The fourth-order valence-corrected chi connectivity index (χ4v) is 6.00. The first-order chi connectivity index (χ1) is 13.2. The summed E-state index contributed by atoms with van der Waals surface area (Å²) in [7, 11) is 0. The molecule has 0 unspecified atom stereocenters. The van der Waals surface area contributed by atoms with Crippen molar-refractivity contribution in [1.82, 2.24) is 20.5 Å². The molecule has 3 fully saturated rings. The number of fused-ring (bicyclic) bond motifs is 1. The van der Waals surface area contributed by atoms with Crippen LogP contribution >= 0.6 is 11.3 Å². The van der Waals surface area contributed by atoms with Gasteiger partial charge in [-0.1, -0.05) is 19.8 Å². The summed E-state index contributed by atoms with van der Waals surface area (Å²) < 4.78 is 0. The van der Waals surface area contributed by atoms with Crippen LogP contribution in [-0.4, -0.2) is 48.5 Å². The molecule has 27 heavy (non-hydrogen) atoms. The first kappa shape index (κ1) is 19.3. The predicted octanol–water partition coefficient (Wildman–Crippen LogP) is 2.81. The van der Waals surface area contributed by atoms with Gasteiger partial charge in [0.1, 0.15) is 0 Å². The Morgan fingerprint density at radius 1 is 1.37 bits per heavy atom. The highest BCUT2D eigenvalue weighted by Gasteiger charge is 2.49. The molecule has 1 amide bonds. The summed E-state index contributed by atoms with van der Waals surface area (Å²) in [5.74, 6) is 1.51. The van der Waals surface area contributed by atoms with E-state index in [-0.39, 0.29) is 5.41 Å². The lowest BCUT2D eigenvalue weighted by molar-refractivity contribution is -0.134. The van der Waals surface area contributed by atoms with E-state index in [0.29, 0.717) is 17.7 Å². The van der Waals surface area contributed by atoms with E-state index in [0.717, 1.165) is 52.1 Å². The number of aryl methyl sites for hydroxylation is 1. The number of nitrogens with one attached hydrogen (secondary N) is 2. The quantitative estimate of drug-likeness (QED) is 0.784. The molecule has 3 aliphatic rings. The Morgan fingerprint density at radius 3 is 3.00 bits per heavy atom. The van der Waals surface area contributed by atoms with Gasteiger partial charge in [0.2, 0.25) is 5.91 Å². The fourth-order valence-electron chi connectivity index (χ4n) is 5.27. The Labute approximate surface area is 167 Å². The topological polar surface area (TPSA) is 57.3 Å². The van der Waals surface area contributed by atoms with Crippen molar-refractivity contribution in [3.05, 3.63) is 16.1 Å². The third kappa shape index (κ3) is 4.22. The number of rotatable bonds is 6. The number of hydrogen-bond donors (Lipinski definition) is 2. The average molecular weight is 391 g/mol. The normalized spacial score (nSPS) is 29.6. The van der Waals surface area contributed by atoms with Gasteiger partial charge in [-0.2, -0.15) is 0 Å². The molecule has 6 heteroatoms. The zero-order chi connectivity index (χ0) is 18.7. The lowest BCUT2D eigenvalue weighted by Gasteiger charge is -2.38. The van der Waals surface area contributed by atoms with E-state index in [4.69, 9.17) is 4.98 Å². The first-order valence-electron chi connectivity index (χ1n) is 10.8. The Bertz CT molecular complexity index is 640. The number of thiazole rings is 1. The molecule has 1 aromatic heterocycles. The predicted molar refractivity (Wildman–Crippen MR) is 110 cm³/mol. The number of piperidine rings is 1. The smallest absolute Gasteiger partial charge is 0.227 e. The molecular weight excluding hydrogens is 356 g/mol. The van der Waals surface area contributed by atoms with E-state index in [1.165, 1.54) is 42.8 Å².